The lowest BCUT2D eigenvalue weighted by atomic mass is 10.00. The molecule has 1 aromatic rings. The van der Waals surface area contributed by atoms with Crippen LogP contribution in [0.3, 0.4) is 0 Å². The van der Waals surface area contributed by atoms with Gasteiger partial charge in [0.15, 0.2) is 0 Å². The summed E-state index contributed by atoms with van der Waals surface area (Å²) in [4.78, 5) is 11.9. The Morgan fingerprint density at radius 2 is 1.75 bits per heavy atom. The van der Waals surface area contributed by atoms with E-state index < -0.39 is 0 Å². The van der Waals surface area contributed by atoms with Gasteiger partial charge in [-0.2, -0.15) is 0 Å². The Balaban J connectivity index is 3.00. The van der Waals surface area contributed by atoms with Gasteiger partial charge in [-0.05, 0) is 45.2 Å². The van der Waals surface area contributed by atoms with Crippen molar-refractivity contribution in [3.63, 3.8) is 0 Å². The fourth-order valence-corrected chi connectivity index (χ4v) is 1.83. The third-order valence-electron chi connectivity index (χ3n) is 2.76. The lowest BCUT2D eigenvalue weighted by molar-refractivity contribution is 0.0333. The lowest BCUT2D eigenvalue weighted by Crippen LogP contribution is -2.16. The van der Waals surface area contributed by atoms with E-state index in [-0.39, 0.29) is 12.1 Å². The van der Waals surface area contributed by atoms with Gasteiger partial charge >= 0.3 is 5.97 Å². The van der Waals surface area contributed by atoms with Crippen LogP contribution in [0, 0.1) is 20.8 Å². The number of benzene rings is 1. The summed E-state index contributed by atoms with van der Waals surface area (Å²) in [6, 6.07) is 4.03. The number of carbonyl (C=O) groups is 1. The van der Waals surface area contributed by atoms with Crippen molar-refractivity contribution in [2.24, 2.45) is 0 Å². The standard InChI is InChI=1S/C14H20O2/c1-6-12(5)16-14(15)13-10(3)7-9(2)8-11(13)4/h7-8,12H,6H2,1-5H3. The van der Waals surface area contributed by atoms with Gasteiger partial charge in [-0.3, -0.25) is 0 Å². The van der Waals surface area contributed by atoms with E-state index in [0.29, 0.717) is 5.56 Å². The van der Waals surface area contributed by atoms with Gasteiger partial charge in [0.2, 0.25) is 0 Å². The second kappa shape index (κ2) is 5.15. The summed E-state index contributed by atoms with van der Waals surface area (Å²) in [6.07, 6.45) is 0.822. The van der Waals surface area contributed by atoms with E-state index in [1.807, 2.05) is 46.8 Å². The van der Waals surface area contributed by atoms with E-state index in [1.54, 1.807) is 0 Å². The first-order valence-corrected chi connectivity index (χ1v) is 5.74. The van der Waals surface area contributed by atoms with Crippen LogP contribution in [0.1, 0.15) is 47.3 Å². The predicted molar refractivity (Wildman–Crippen MR) is 65.8 cm³/mol. The van der Waals surface area contributed by atoms with Crippen LogP contribution >= 0.6 is 0 Å². The molecule has 0 N–H and O–H groups in total. The Bertz CT molecular complexity index is 371. The molecular formula is C14H20O2. The molecule has 0 spiro atoms. The molecule has 2 heteroatoms. The number of carbonyl (C=O) groups excluding carboxylic acids is 1. The molecule has 1 atom stereocenters. The summed E-state index contributed by atoms with van der Waals surface area (Å²) in [5, 5.41) is 0. The van der Waals surface area contributed by atoms with Gasteiger partial charge in [0.05, 0.1) is 11.7 Å². The Kier molecular flexibility index (Phi) is 4.11. The third-order valence-corrected chi connectivity index (χ3v) is 2.76. The number of rotatable bonds is 3. The van der Waals surface area contributed by atoms with Gasteiger partial charge in [0, 0.05) is 0 Å². The molecular weight excluding hydrogens is 200 g/mol. The maximum absolute atomic E-state index is 11.9. The highest BCUT2D eigenvalue weighted by Gasteiger charge is 2.16. The lowest BCUT2D eigenvalue weighted by Gasteiger charge is -2.14. The molecule has 0 fully saturated rings. The minimum atomic E-state index is -0.204. The zero-order valence-electron chi connectivity index (χ0n) is 10.8. The maximum Gasteiger partial charge on any atom is 0.338 e. The SMILES string of the molecule is CCC(C)OC(=O)c1c(C)cc(C)cc1C. The molecule has 0 saturated heterocycles. The van der Waals surface area contributed by atoms with Crippen LogP contribution in [0.2, 0.25) is 0 Å². The monoisotopic (exact) mass is 220 g/mol. The van der Waals surface area contributed by atoms with Gasteiger partial charge in [-0.25, -0.2) is 4.79 Å². The molecule has 1 unspecified atom stereocenters. The Morgan fingerprint density at radius 1 is 1.25 bits per heavy atom. The molecule has 16 heavy (non-hydrogen) atoms. The maximum atomic E-state index is 11.9. The van der Waals surface area contributed by atoms with Crippen LogP contribution in [0.5, 0.6) is 0 Å². The molecule has 0 saturated carbocycles. The zero-order valence-corrected chi connectivity index (χ0v) is 10.8. The normalized spacial score (nSPS) is 12.3. The van der Waals surface area contributed by atoms with E-state index in [4.69, 9.17) is 4.74 Å². The first-order chi connectivity index (χ1) is 7.45. The van der Waals surface area contributed by atoms with Crippen molar-refractivity contribution in [1.29, 1.82) is 0 Å². The predicted octanol–water partition coefficient (Wildman–Crippen LogP) is 3.57. The molecule has 2 nitrogen and oxygen atoms in total. The summed E-state index contributed by atoms with van der Waals surface area (Å²) < 4.78 is 5.35. The second-order valence-corrected chi connectivity index (χ2v) is 4.40. The van der Waals surface area contributed by atoms with Gasteiger partial charge in [0.25, 0.3) is 0 Å². The Labute approximate surface area is 97.6 Å². The molecule has 0 heterocycles. The van der Waals surface area contributed by atoms with Gasteiger partial charge in [-0.1, -0.05) is 24.6 Å². The van der Waals surface area contributed by atoms with Crippen molar-refractivity contribution >= 4 is 5.97 Å². The molecule has 0 amide bonds. The van der Waals surface area contributed by atoms with Gasteiger partial charge in [-0.15, -0.1) is 0 Å². The minimum absolute atomic E-state index is 0.0207. The summed E-state index contributed by atoms with van der Waals surface area (Å²) in [6.45, 7) is 9.85. The van der Waals surface area contributed by atoms with Crippen molar-refractivity contribution in [2.45, 2.75) is 47.1 Å². The molecule has 88 valence electrons. The van der Waals surface area contributed by atoms with Gasteiger partial charge < -0.3 is 4.74 Å². The van der Waals surface area contributed by atoms with Crippen molar-refractivity contribution in [3.8, 4) is 0 Å². The third kappa shape index (κ3) is 2.84. The van der Waals surface area contributed by atoms with Crippen LogP contribution in [0.25, 0.3) is 0 Å². The second-order valence-electron chi connectivity index (χ2n) is 4.40. The highest BCUT2D eigenvalue weighted by Crippen LogP contribution is 2.18. The number of aryl methyl sites for hydroxylation is 3. The van der Waals surface area contributed by atoms with Crippen molar-refractivity contribution in [2.75, 3.05) is 0 Å². The zero-order chi connectivity index (χ0) is 12.3. The molecule has 1 rings (SSSR count). The quantitative estimate of drug-likeness (QED) is 0.728. The fourth-order valence-electron chi connectivity index (χ4n) is 1.83. The Hall–Kier alpha value is -1.31. The highest BCUT2D eigenvalue weighted by molar-refractivity contribution is 5.92. The Morgan fingerprint density at radius 3 is 2.19 bits per heavy atom. The van der Waals surface area contributed by atoms with E-state index in [9.17, 15) is 4.79 Å². The van der Waals surface area contributed by atoms with Crippen LogP contribution in [0.15, 0.2) is 12.1 Å². The highest BCUT2D eigenvalue weighted by atomic mass is 16.5. The van der Waals surface area contributed by atoms with E-state index >= 15 is 0 Å². The van der Waals surface area contributed by atoms with E-state index in [2.05, 4.69) is 0 Å². The van der Waals surface area contributed by atoms with E-state index in [0.717, 1.165) is 17.5 Å². The topological polar surface area (TPSA) is 26.3 Å². The van der Waals surface area contributed by atoms with E-state index in [1.165, 1.54) is 5.56 Å². The average Bonchev–Trinajstić information content (AvgIpc) is 2.15. The van der Waals surface area contributed by atoms with Crippen molar-refractivity contribution in [3.05, 3.63) is 34.4 Å². The van der Waals surface area contributed by atoms with Crippen LogP contribution in [-0.2, 0) is 4.74 Å². The largest absolute Gasteiger partial charge is 0.459 e. The number of hydrogen-bond donors (Lipinski definition) is 0. The number of ether oxygens (including phenoxy) is 1. The molecule has 1 aromatic carbocycles. The first-order valence-electron chi connectivity index (χ1n) is 5.74. The van der Waals surface area contributed by atoms with Crippen molar-refractivity contribution < 1.29 is 9.53 Å². The molecule has 0 aromatic heterocycles. The summed E-state index contributed by atoms with van der Waals surface area (Å²) in [7, 11) is 0. The van der Waals surface area contributed by atoms with Crippen LogP contribution in [-0.4, -0.2) is 12.1 Å². The molecule has 0 aliphatic heterocycles. The summed E-state index contributed by atoms with van der Waals surface area (Å²) >= 11 is 0. The van der Waals surface area contributed by atoms with Gasteiger partial charge in [0.1, 0.15) is 0 Å². The number of esters is 1. The number of hydrogen-bond acceptors (Lipinski definition) is 2. The summed E-state index contributed by atoms with van der Waals surface area (Å²) in [5.74, 6) is -0.204. The smallest absolute Gasteiger partial charge is 0.338 e. The molecule has 0 aliphatic carbocycles. The fraction of sp³-hybridized carbons (Fsp3) is 0.500. The molecule has 0 bridgehead atoms. The minimum Gasteiger partial charge on any atom is -0.459 e. The summed E-state index contributed by atoms with van der Waals surface area (Å²) in [5.41, 5.74) is 3.87. The van der Waals surface area contributed by atoms with Crippen LogP contribution < -0.4 is 0 Å². The van der Waals surface area contributed by atoms with Crippen molar-refractivity contribution in [1.82, 2.24) is 0 Å². The van der Waals surface area contributed by atoms with Crippen LogP contribution in [0.4, 0.5) is 0 Å². The first kappa shape index (κ1) is 12.8. The average molecular weight is 220 g/mol. The molecule has 0 aliphatic rings. The molecule has 0 radical (unpaired) electrons.